The number of carbonyl (C=O) groups is 2. The zero-order valence-corrected chi connectivity index (χ0v) is 17.3. The van der Waals surface area contributed by atoms with Crippen LogP contribution in [0.25, 0.3) is 11.4 Å². The molecule has 1 saturated heterocycles. The predicted octanol–water partition coefficient (Wildman–Crippen LogP) is 2.63. The van der Waals surface area contributed by atoms with E-state index in [1.165, 1.54) is 12.1 Å². The topological polar surface area (TPSA) is 141 Å². The Kier molecular flexibility index (Phi) is 6.17. The first-order valence-electron chi connectivity index (χ1n) is 9.90. The fourth-order valence-corrected chi connectivity index (χ4v) is 3.08. The third-order valence-corrected chi connectivity index (χ3v) is 4.61. The van der Waals surface area contributed by atoms with Crippen molar-refractivity contribution in [1.29, 1.82) is 0 Å². The van der Waals surface area contributed by atoms with Crippen molar-refractivity contribution in [3.05, 3.63) is 54.4 Å². The molecule has 176 valence electrons. The lowest BCUT2D eigenvalue weighted by atomic mass is 10.2. The van der Waals surface area contributed by atoms with Gasteiger partial charge < -0.3 is 25.8 Å². The first-order valence-corrected chi connectivity index (χ1v) is 9.90. The van der Waals surface area contributed by atoms with Crippen LogP contribution in [0.2, 0.25) is 0 Å². The Hall–Kier alpha value is -4.42. The SMILES string of the molecule is NC(=O)c1nc(N[C@H]2CCNC2=O)nc(-c2ccc(Oc3ccc(OC(F)(F)F)cc3)cc2)n1. The zero-order chi connectivity index (χ0) is 24.3. The van der Waals surface area contributed by atoms with E-state index in [1.54, 1.807) is 24.3 Å². The van der Waals surface area contributed by atoms with Gasteiger partial charge >= 0.3 is 6.36 Å². The molecular weight excluding hydrogens is 457 g/mol. The van der Waals surface area contributed by atoms with Crippen LogP contribution < -0.4 is 25.8 Å². The number of nitrogens with one attached hydrogen (secondary N) is 2. The Balaban J connectivity index is 1.50. The molecule has 1 aromatic heterocycles. The molecule has 4 rings (SSSR count). The Labute approximate surface area is 190 Å². The number of benzene rings is 2. The van der Waals surface area contributed by atoms with Crippen LogP contribution in [0.15, 0.2) is 48.5 Å². The number of primary amides is 1. The van der Waals surface area contributed by atoms with Crippen molar-refractivity contribution in [3.63, 3.8) is 0 Å². The smallest absolute Gasteiger partial charge is 0.457 e. The summed E-state index contributed by atoms with van der Waals surface area (Å²) >= 11 is 0. The van der Waals surface area contributed by atoms with E-state index < -0.39 is 18.3 Å². The normalized spacial score (nSPS) is 15.5. The lowest BCUT2D eigenvalue weighted by molar-refractivity contribution is -0.274. The highest BCUT2D eigenvalue weighted by Crippen LogP contribution is 2.28. The number of ether oxygens (including phenoxy) is 2. The van der Waals surface area contributed by atoms with Gasteiger partial charge in [0.15, 0.2) is 5.82 Å². The van der Waals surface area contributed by atoms with Crippen LogP contribution in [0.1, 0.15) is 17.0 Å². The maximum atomic E-state index is 12.3. The van der Waals surface area contributed by atoms with Crippen LogP contribution in [0.3, 0.4) is 0 Å². The van der Waals surface area contributed by atoms with Gasteiger partial charge in [-0.25, -0.2) is 4.98 Å². The minimum absolute atomic E-state index is 0.0299. The Bertz CT molecular complexity index is 1200. The molecular formula is C21H17F3N6O4. The summed E-state index contributed by atoms with van der Waals surface area (Å²) in [7, 11) is 0. The molecule has 13 heteroatoms. The van der Waals surface area contributed by atoms with Gasteiger partial charge in [-0.2, -0.15) is 9.97 Å². The molecule has 0 bridgehead atoms. The number of hydrogen-bond acceptors (Lipinski definition) is 8. The molecule has 1 atom stereocenters. The first kappa shape index (κ1) is 22.8. The van der Waals surface area contributed by atoms with Crippen molar-refractivity contribution in [2.45, 2.75) is 18.8 Å². The maximum absolute atomic E-state index is 12.3. The Morgan fingerprint density at radius 2 is 1.62 bits per heavy atom. The van der Waals surface area contributed by atoms with Crippen molar-refractivity contribution in [2.24, 2.45) is 5.73 Å². The molecule has 0 saturated carbocycles. The van der Waals surface area contributed by atoms with E-state index in [-0.39, 0.29) is 29.3 Å². The highest BCUT2D eigenvalue weighted by molar-refractivity contribution is 5.90. The summed E-state index contributed by atoms with van der Waals surface area (Å²) in [5.41, 5.74) is 5.83. The summed E-state index contributed by atoms with van der Waals surface area (Å²) in [6.07, 6.45) is -4.25. The van der Waals surface area contributed by atoms with Gasteiger partial charge in [-0.1, -0.05) is 0 Å². The van der Waals surface area contributed by atoms with Gasteiger partial charge in [0.05, 0.1) is 0 Å². The molecule has 0 unspecified atom stereocenters. The fraction of sp³-hybridized carbons (Fsp3) is 0.190. The number of alkyl halides is 3. The quantitative estimate of drug-likeness (QED) is 0.475. The summed E-state index contributed by atoms with van der Waals surface area (Å²) in [6.45, 7) is 0.511. The number of hydrogen-bond donors (Lipinski definition) is 3. The average molecular weight is 474 g/mol. The summed E-state index contributed by atoms with van der Waals surface area (Å²) < 4.78 is 46.2. The maximum Gasteiger partial charge on any atom is 0.573 e. The van der Waals surface area contributed by atoms with Gasteiger partial charge in [0.2, 0.25) is 17.7 Å². The molecule has 1 aliphatic heterocycles. The molecule has 3 aromatic rings. The molecule has 1 aliphatic rings. The Morgan fingerprint density at radius 1 is 1.00 bits per heavy atom. The zero-order valence-electron chi connectivity index (χ0n) is 17.3. The second kappa shape index (κ2) is 9.21. The van der Waals surface area contributed by atoms with E-state index >= 15 is 0 Å². The second-order valence-electron chi connectivity index (χ2n) is 7.09. The molecule has 2 aromatic carbocycles. The molecule has 1 fully saturated rings. The van der Waals surface area contributed by atoms with Crippen molar-refractivity contribution < 1.29 is 32.2 Å². The van der Waals surface area contributed by atoms with Crippen LogP contribution in [-0.4, -0.2) is 45.7 Å². The van der Waals surface area contributed by atoms with Crippen molar-refractivity contribution >= 4 is 17.8 Å². The third-order valence-electron chi connectivity index (χ3n) is 4.61. The van der Waals surface area contributed by atoms with Gasteiger partial charge in [-0.15, -0.1) is 13.2 Å². The molecule has 10 nitrogen and oxygen atoms in total. The minimum Gasteiger partial charge on any atom is -0.457 e. The van der Waals surface area contributed by atoms with E-state index in [0.29, 0.717) is 30.0 Å². The summed E-state index contributed by atoms with van der Waals surface area (Å²) in [4.78, 5) is 35.8. The van der Waals surface area contributed by atoms with Crippen LogP contribution >= 0.6 is 0 Å². The number of nitrogens with zero attached hydrogens (tertiary/aromatic N) is 3. The van der Waals surface area contributed by atoms with Crippen molar-refractivity contribution in [1.82, 2.24) is 20.3 Å². The average Bonchev–Trinajstić information content (AvgIpc) is 3.18. The summed E-state index contributed by atoms with van der Waals surface area (Å²) in [5, 5.41) is 5.55. The van der Waals surface area contributed by atoms with Gasteiger partial charge in [-0.05, 0) is 55.0 Å². The number of amides is 2. The van der Waals surface area contributed by atoms with Crippen molar-refractivity contribution in [3.8, 4) is 28.6 Å². The molecule has 2 heterocycles. The monoisotopic (exact) mass is 474 g/mol. The molecule has 2 amide bonds. The van der Waals surface area contributed by atoms with Crippen LogP contribution in [-0.2, 0) is 4.79 Å². The van der Waals surface area contributed by atoms with Crippen LogP contribution in [0.5, 0.6) is 17.2 Å². The standard InChI is InChI=1S/C21H17F3N6O4/c22-21(23,24)34-14-7-5-13(6-8-14)33-12-3-1-11(2-4-12)17-28-18(16(25)31)30-20(29-17)27-15-9-10-26-19(15)32/h1-8,15H,9-10H2,(H2,25,31)(H,26,32)(H,27,28,29,30)/t15-/m0/s1. The lowest BCUT2D eigenvalue weighted by Gasteiger charge is -2.12. The summed E-state index contributed by atoms with van der Waals surface area (Å²) in [5.74, 6) is -0.852. The van der Waals surface area contributed by atoms with Crippen molar-refractivity contribution in [2.75, 3.05) is 11.9 Å². The first-order chi connectivity index (χ1) is 16.2. The molecule has 0 spiro atoms. The van der Waals surface area contributed by atoms with E-state index in [4.69, 9.17) is 10.5 Å². The van der Waals surface area contributed by atoms with Gasteiger partial charge in [0.25, 0.3) is 5.91 Å². The Morgan fingerprint density at radius 3 is 2.18 bits per heavy atom. The highest BCUT2D eigenvalue weighted by Gasteiger charge is 2.31. The van der Waals surface area contributed by atoms with Gasteiger partial charge in [0.1, 0.15) is 23.3 Å². The van der Waals surface area contributed by atoms with E-state index in [2.05, 4.69) is 30.3 Å². The highest BCUT2D eigenvalue weighted by atomic mass is 19.4. The van der Waals surface area contributed by atoms with Gasteiger partial charge in [0, 0.05) is 12.1 Å². The molecule has 0 aliphatic carbocycles. The third kappa shape index (κ3) is 5.68. The van der Waals surface area contributed by atoms with Crippen LogP contribution in [0.4, 0.5) is 19.1 Å². The van der Waals surface area contributed by atoms with E-state index in [1.807, 2.05) is 0 Å². The number of halogens is 3. The fourth-order valence-electron chi connectivity index (χ4n) is 3.08. The number of carbonyl (C=O) groups excluding carboxylic acids is 2. The molecule has 0 radical (unpaired) electrons. The van der Waals surface area contributed by atoms with E-state index in [9.17, 15) is 22.8 Å². The number of anilines is 1. The molecule has 4 N–H and O–H groups in total. The minimum atomic E-state index is -4.78. The number of nitrogens with two attached hydrogens (primary N) is 1. The summed E-state index contributed by atoms with van der Waals surface area (Å²) in [6, 6.07) is 10.8. The second-order valence-corrected chi connectivity index (χ2v) is 7.09. The lowest BCUT2D eigenvalue weighted by Crippen LogP contribution is -2.31. The molecule has 34 heavy (non-hydrogen) atoms. The van der Waals surface area contributed by atoms with E-state index in [0.717, 1.165) is 12.1 Å². The largest absolute Gasteiger partial charge is 0.573 e. The van der Waals surface area contributed by atoms with Crippen LogP contribution in [0, 0.1) is 0 Å². The number of aromatic nitrogens is 3. The van der Waals surface area contributed by atoms with Gasteiger partial charge in [-0.3, -0.25) is 9.59 Å². The number of rotatable bonds is 7. The predicted molar refractivity (Wildman–Crippen MR) is 112 cm³/mol.